The molecule has 17 heavy (non-hydrogen) atoms. The Morgan fingerprint density at radius 3 is 2.65 bits per heavy atom. The van der Waals surface area contributed by atoms with E-state index in [-0.39, 0.29) is 12.1 Å². The topological polar surface area (TPSA) is 63.8 Å². The minimum atomic E-state index is 0.00644. The number of rotatable bonds is 4. The Balaban J connectivity index is 2.59. The molecule has 6 heteroatoms. The highest BCUT2D eigenvalue weighted by Gasteiger charge is 2.18. The van der Waals surface area contributed by atoms with Crippen LogP contribution in [0.25, 0.3) is 11.3 Å². The van der Waals surface area contributed by atoms with Crippen LogP contribution in [-0.4, -0.2) is 30.9 Å². The van der Waals surface area contributed by atoms with Crippen LogP contribution in [0.15, 0.2) is 11.2 Å². The smallest absolute Gasteiger partial charge is 0.297 e. The molecule has 0 fully saturated rings. The van der Waals surface area contributed by atoms with E-state index in [4.69, 9.17) is 0 Å². The molecule has 0 bridgehead atoms. The molecule has 0 radical (unpaired) electrons. The predicted octanol–water partition coefficient (Wildman–Crippen LogP) is 2.61. The van der Waals surface area contributed by atoms with Gasteiger partial charge in [0.2, 0.25) is 5.65 Å². The van der Waals surface area contributed by atoms with Crippen molar-refractivity contribution in [1.29, 1.82) is 0 Å². The van der Waals surface area contributed by atoms with Gasteiger partial charge in [-0.05, 0) is 19.1 Å². The first-order valence-electron chi connectivity index (χ1n) is 5.69. The molecule has 0 aliphatic rings. The lowest BCUT2D eigenvalue weighted by Gasteiger charge is -2.15. The fourth-order valence-corrected chi connectivity index (χ4v) is 2.27. The molecule has 2 aromatic heterocycles. The van der Waals surface area contributed by atoms with Gasteiger partial charge in [0.15, 0.2) is 5.65 Å². The number of imidazole rings is 1. The lowest BCUT2D eigenvalue weighted by molar-refractivity contribution is 0.360. The van der Waals surface area contributed by atoms with E-state index in [9.17, 15) is 5.11 Å². The Hall–Kier alpha value is -1.30. The molecule has 0 spiro atoms. The zero-order valence-electron chi connectivity index (χ0n) is 10.2. The van der Waals surface area contributed by atoms with Gasteiger partial charge in [0.1, 0.15) is 5.03 Å². The second-order valence-corrected chi connectivity index (χ2v) is 4.64. The largest absolute Gasteiger partial charge is 0.480 e. The summed E-state index contributed by atoms with van der Waals surface area (Å²) in [5.74, 6) is 0. The van der Waals surface area contributed by atoms with Crippen molar-refractivity contribution >= 4 is 23.1 Å². The van der Waals surface area contributed by atoms with Crippen LogP contribution in [0.4, 0.5) is 0 Å². The second kappa shape index (κ2) is 4.91. The van der Waals surface area contributed by atoms with Crippen molar-refractivity contribution in [3.8, 4) is 6.01 Å². The lowest BCUT2D eigenvalue weighted by Crippen LogP contribution is -2.07. The molecule has 2 rings (SSSR count). The zero-order valence-corrected chi connectivity index (χ0v) is 11.0. The third kappa shape index (κ3) is 2.09. The van der Waals surface area contributed by atoms with Crippen LogP contribution in [0.3, 0.4) is 0 Å². The molecule has 0 aliphatic carbocycles. The van der Waals surface area contributed by atoms with Crippen molar-refractivity contribution in [2.45, 2.75) is 37.8 Å². The van der Waals surface area contributed by atoms with Gasteiger partial charge in [-0.25, -0.2) is 9.97 Å². The molecule has 2 heterocycles. The first kappa shape index (κ1) is 12.2. The maximum atomic E-state index is 9.90. The maximum absolute atomic E-state index is 9.90. The third-order valence-electron chi connectivity index (χ3n) is 2.88. The van der Waals surface area contributed by atoms with Gasteiger partial charge in [-0.3, -0.25) is 4.57 Å². The normalized spacial score (nSPS) is 11.5. The summed E-state index contributed by atoms with van der Waals surface area (Å²) in [5, 5.41) is 10.7. The van der Waals surface area contributed by atoms with E-state index in [1.165, 1.54) is 11.8 Å². The summed E-state index contributed by atoms with van der Waals surface area (Å²) >= 11 is 1.51. The van der Waals surface area contributed by atoms with Gasteiger partial charge in [0.05, 0.1) is 6.20 Å². The van der Waals surface area contributed by atoms with E-state index in [1.807, 2.05) is 6.26 Å². The number of aromatic hydroxyl groups is 1. The Bertz CT molecular complexity index is 521. The van der Waals surface area contributed by atoms with Crippen molar-refractivity contribution in [2.24, 2.45) is 0 Å². The average Bonchev–Trinajstić information content (AvgIpc) is 2.67. The molecule has 0 amide bonds. The van der Waals surface area contributed by atoms with E-state index in [1.54, 1.807) is 10.8 Å². The maximum Gasteiger partial charge on any atom is 0.297 e. The van der Waals surface area contributed by atoms with Crippen LogP contribution in [0.2, 0.25) is 0 Å². The predicted molar refractivity (Wildman–Crippen MR) is 68.4 cm³/mol. The molecular weight excluding hydrogens is 236 g/mol. The zero-order chi connectivity index (χ0) is 12.4. The van der Waals surface area contributed by atoms with Crippen LogP contribution in [0.1, 0.15) is 32.7 Å². The van der Waals surface area contributed by atoms with Gasteiger partial charge in [0, 0.05) is 6.04 Å². The van der Waals surface area contributed by atoms with Gasteiger partial charge in [-0.1, -0.05) is 13.8 Å². The van der Waals surface area contributed by atoms with E-state index >= 15 is 0 Å². The van der Waals surface area contributed by atoms with Crippen LogP contribution in [0.5, 0.6) is 6.01 Å². The minimum absolute atomic E-state index is 0.00644. The van der Waals surface area contributed by atoms with Gasteiger partial charge < -0.3 is 5.11 Å². The number of thioether (sulfide) groups is 1. The molecule has 1 N–H and O–H groups in total. The highest BCUT2D eigenvalue weighted by atomic mass is 32.2. The van der Waals surface area contributed by atoms with Gasteiger partial charge in [0.25, 0.3) is 6.01 Å². The van der Waals surface area contributed by atoms with Crippen LogP contribution >= 0.6 is 11.8 Å². The fraction of sp³-hybridized carbons (Fsp3) is 0.545. The van der Waals surface area contributed by atoms with Gasteiger partial charge >= 0.3 is 0 Å². The number of hydrogen-bond acceptors (Lipinski definition) is 5. The second-order valence-electron chi connectivity index (χ2n) is 3.81. The summed E-state index contributed by atoms with van der Waals surface area (Å²) < 4.78 is 1.77. The molecule has 2 aromatic rings. The summed E-state index contributed by atoms with van der Waals surface area (Å²) in [5.41, 5.74) is 1.18. The van der Waals surface area contributed by atoms with E-state index in [0.717, 1.165) is 17.9 Å². The number of nitrogens with zero attached hydrogens (tertiary/aromatic N) is 4. The molecule has 0 unspecified atom stereocenters. The number of aromatic nitrogens is 4. The van der Waals surface area contributed by atoms with E-state index < -0.39 is 0 Å². The van der Waals surface area contributed by atoms with Crippen molar-refractivity contribution in [3.63, 3.8) is 0 Å². The quantitative estimate of drug-likeness (QED) is 0.847. The van der Waals surface area contributed by atoms with Gasteiger partial charge in [-0.15, -0.1) is 11.8 Å². The molecule has 0 aliphatic heterocycles. The summed E-state index contributed by atoms with van der Waals surface area (Å²) in [6.45, 7) is 4.17. The van der Waals surface area contributed by atoms with Crippen LogP contribution < -0.4 is 0 Å². The minimum Gasteiger partial charge on any atom is -0.480 e. The van der Waals surface area contributed by atoms with E-state index in [2.05, 4.69) is 28.8 Å². The molecule has 92 valence electrons. The van der Waals surface area contributed by atoms with Crippen LogP contribution in [-0.2, 0) is 0 Å². The third-order valence-corrected chi connectivity index (χ3v) is 3.49. The fourth-order valence-electron chi connectivity index (χ4n) is 1.93. The molecule has 0 aromatic carbocycles. The summed E-state index contributed by atoms with van der Waals surface area (Å²) in [7, 11) is 0. The average molecular weight is 252 g/mol. The highest BCUT2D eigenvalue weighted by molar-refractivity contribution is 7.98. The van der Waals surface area contributed by atoms with Crippen molar-refractivity contribution < 1.29 is 5.11 Å². The van der Waals surface area contributed by atoms with Gasteiger partial charge in [-0.2, -0.15) is 4.98 Å². The summed E-state index contributed by atoms with van der Waals surface area (Å²) in [4.78, 5) is 12.8. The molecular formula is C11H16N4OS. The Labute approximate surface area is 104 Å². The Kier molecular flexibility index (Phi) is 3.51. The SMILES string of the molecule is CCC(CC)n1c(O)nc2nc(SC)cnc21. The standard InChI is InChI=1S/C11H16N4OS/c1-4-7(5-2)15-10-9(14-11(15)16)13-8(17-3)6-12-10/h6-7H,4-5H2,1-3H3,(H,13,14,16). The summed E-state index contributed by atoms with van der Waals surface area (Å²) in [6, 6.07) is 0.224. The molecule has 0 saturated carbocycles. The monoisotopic (exact) mass is 252 g/mol. The van der Waals surface area contributed by atoms with Crippen molar-refractivity contribution in [3.05, 3.63) is 6.20 Å². The lowest BCUT2D eigenvalue weighted by atomic mass is 10.2. The molecule has 0 saturated heterocycles. The Morgan fingerprint density at radius 2 is 2.06 bits per heavy atom. The van der Waals surface area contributed by atoms with Crippen LogP contribution in [0, 0.1) is 0 Å². The number of fused-ring (bicyclic) bond motifs is 1. The molecule has 0 atom stereocenters. The van der Waals surface area contributed by atoms with Crippen molar-refractivity contribution in [1.82, 2.24) is 19.5 Å². The summed E-state index contributed by atoms with van der Waals surface area (Å²) in [6.07, 6.45) is 5.52. The van der Waals surface area contributed by atoms with Crippen molar-refractivity contribution in [2.75, 3.05) is 6.26 Å². The number of hydrogen-bond donors (Lipinski definition) is 1. The Morgan fingerprint density at radius 1 is 1.35 bits per heavy atom. The molecule has 5 nitrogen and oxygen atoms in total. The highest BCUT2D eigenvalue weighted by Crippen LogP contribution is 2.27. The van der Waals surface area contributed by atoms with E-state index in [0.29, 0.717) is 11.3 Å². The first-order valence-corrected chi connectivity index (χ1v) is 6.91. The first-order chi connectivity index (χ1) is 8.21.